The van der Waals surface area contributed by atoms with E-state index in [4.69, 9.17) is 9.37 Å². The van der Waals surface area contributed by atoms with E-state index in [1.807, 2.05) is 6.07 Å². The van der Waals surface area contributed by atoms with Crippen molar-refractivity contribution in [3.8, 4) is 11.8 Å². The summed E-state index contributed by atoms with van der Waals surface area (Å²) in [6.07, 6.45) is 0. The highest BCUT2D eigenvalue weighted by molar-refractivity contribution is 9.10. The number of nitrogens with zero attached hydrogens (tertiary/aromatic N) is 1. The molecule has 1 rings (SSSR count). The minimum Gasteiger partial charge on any atom is -0.497 e. The Labute approximate surface area is 77.7 Å². The number of hydrogen-bond acceptors (Lipinski definition) is 2. The van der Waals surface area contributed by atoms with Crippen LogP contribution in [-0.2, 0) is 0 Å². The van der Waals surface area contributed by atoms with Crippen LogP contribution in [-0.4, -0.2) is 7.04 Å². The van der Waals surface area contributed by atoms with Crippen LogP contribution < -0.4 is 4.74 Å². The van der Waals surface area contributed by atoms with Crippen LogP contribution in [0.4, 0.5) is 0 Å². The predicted molar refractivity (Wildman–Crippen MR) is 45.4 cm³/mol. The second kappa shape index (κ2) is 3.40. The van der Waals surface area contributed by atoms with Crippen molar-refractivity contribution < 1.29 is 8.85 Å². The van der Waals surface area contributed by atoms with E-state index in [9.17, 15) is 0 Å². The zero-order valence-electron chi connectivity index (χ0n) is 8.47. The van der Waals surface area contributed by atoms with Crippen molar-refractivity contribution in [1.82, 2.24) is 0 Å². The Bertz CT molecular complexity index is 383. The molecule has 0 bridgehead atoms. The Morgan fingerprint density at radius 3 is 3.09 bits per heavy atom. The minimum atomic E-state index is -2.46. The van der Waals surface area contributed by atoms with Gasteiger partial charge in [-0.25, -0.2) is 0 Å². The number of nitriles is 1. The highest BCUT2D eigenvalue weighted by Gasteiger charge is 1.98. The summed E-state index contributed by atoms with van der Waals surface area (Å²) >= 11 is 3.13. The molecule has 0 heterocycles. The Morgan fingerprint density at radius 2 is 2.55 bits per heavy atom. The Morgan fingerprint density at radius 1 is 1.73 bits per heavy atom. The van der Waals surface area contributed by atoms with Gasteiger partial charge in [0.25, 0.3) is 0 Å². The smallest absolute Gasteiger partial charge is 0.120 e. The van der Waals surface area contributed by atoms with Gasteiger partial charge in [-0.2, -0.15) is 5.26 Å². The first-order valence-electron chi connectivity index (χ1n) is 4.31. The van der Waals surface area contributed by atoms with Crippen LogP contribution in [0.2, 0.25) is 0 Å². The number of rotatable bonds is 1. The van der Waals surface area contributed by atoms with Gasteiger partial charge in [-0.1, -0.05) is 0 Å². The molecule has 1 aromatic rings. The summed E-state index contributed by atoms with van der Waals surface area (Å²) in [5.74, 6) is 0.205. The Balaban J connectivity index is 2.94. The second-order valence-electron chi connectivity index (χ2n) is 1.86. The third-order valence-corrected chi connectivity index (χ3v) is 1.83. The van der Waals surface area contributed by atoms with Crippen molar-refractivity contribution in [2.45, 2.75) is 0 Å². The highest BCUT2D eigenvalue weighted by atomic mass is 79.9. The molecule has 0 aliphatic carbocycles. The molecule has 11 heavy (non-hydrogen) atoms. The SMILES string of the molecule is [2H]C([2H])([2H])Oc1ccc(C#N)c(Br)c1. The molecule has 0 spiro atoms. The molecule has 0 aliphatic heterocycles. The summed E-state index contributed by atoms with van der Waals surface area (Å²) < 4.78 is 25.8. The van der Waals surface area contributed by atoms with Gasteiger partial charge in [0.15, 0.2) is 0 Å². The first-order valence-corrected chi connectivity index (χ1v) is 3.60. The lowest BCUT2D eigenvalue weighted by Gasteiger charge is -1.99. The normalized spacial score (nSPS) is 14.0. The van der Waals surface area contributed by atoms with Crippen molar-refractivity contribution in [3.05, 3.63) is 28.2 Å². The summed E-state index contributed by atoms with van der Waals surface area (Å²) in [5, 5.41) is 8.61. The van der Waals surface area contributed by atoms with Crippen molar-refractivity contribution in [1.29, 1.82) is 5.26 Å². The van der Waals surface area contributed by atoms with E-state index < -0.39 is 7.04 Å². The molecule has 0 aliphatic rings. The summed E-state index contributed by atoms with van der Waals surface area (Å²) in [4.78, 5) is 0. The van der Waals surface area contributed by atoms with Crippen LogP contribution in [0.15, 0.2) is 22.7 Å². The van der Waals surface area contributed by atoms with E-state index in [-0.39, 0.29) is 5.75 Å². The van der Waals surface area contributed by atoms with Crippen molar-refractivity contribution in [3.63, 3.8) is 0 Å². The molecular formula is C8H6BrNO. The molecule has 0 atom stereocenters. The molecule has 0 saturated heterocycles. The zero-order chi connectivity index (χ0) is 10.8. The third kappa shape index (κ3) is 1.72. The van der Waals surface area contributed by atoms with E-state index >= 15 is 0 Å². The molecule has 2 nitrogen and oxygen atoms in total. The third-order valence-electron chi connectivity index (χ3n) is 1.18. The molecule has 0 amide bonds. The summed E-state index contributed by atoms with van der Waals surface area (Å²) in [7, 11) is -2.46. The fourth-order valence-electron chi connectivity index (χ4n) is 0.650. The number of ether oxygens (including phenoxy) is 1. The van der Waals surface area contributed by atoms with Gasteiger partial charge in [0, 0.05) is 4.47 Å². The number of methoxy groups -OCH3 is 1. The van der Waals surface area contributed by atoms with Crippen LogP contribution >= 0.6 is 15.9 Å². The maximum Gasteiger partial charge on any atom is 0.120 e. The zero-order valence-corrected chi connectivity index (χ0v) is 7.05. The fraction of sp³-hybridized carbons (Fsp3) is 0.125. The van der Waals surface area contributed by atoms with Gasteiger partial charge < -0.3 is 4.74 Å². The summed E-state index contributed by atoms with van der Waals surface area (Å²) in [5.41, 5.74) is 0.433. The molecule has 1 aromatic carbocycles. The van der Waals surface area contributed by atoms with Gasteiger partial charge in [0.2, 0.25) is 0 Å². The number of halogens is 1. The average Bonchev–Trinajstić information content (AvgIpc) is 2.01. The van der Waals surface area contributed by atoms with Gasteiger partial charge in [-0.15, -0.1) is 0 Å². The van der Waals surface area contributed by atoms with E-state index in [0.29, 0.717) is 10.0 Å². The van der Waals surface area contributed by atoms with Crippen LogP contribution in [0.25, 0.3) is 0 Å². The van der Waals surface area contributed by atoms with Gasteiger partial charge in [0.1, 0.15) is 11.8 Å². The molecule has 3 heteroatoms. The van der Waals surface area contributed by atoms with E-state index in [1.54, 1.807) is 0 Å². The van der Waals surface area contributed by atoms with Crippen molar-refractivity contribution >= 4 is 15.9 Å². The van der Waals surface area contributed by atoms with E-state index in [2.05, 4.69) is 20.7 Å². The number of benzene rings is 1. The van der Waals surface area contributed by atoms with E-state index in [1.165, 1.54) is 18.2 Å². The molecule has 0 aromatic heterocycles. The van der Waals surface area contributed by atoms with E-state index in [0.717, 1.165) is 0 Å². The van der Waals surface area contributed by atoms with Gasteiger partial charge in [-0.05, 0) is 34.1 Å². The van der Waals surface area contributed by atoms with Crippen LogP contribution in [0, 0.1) is 11.3 Å². The van der Waals surface area contributed by atoms with Crippen LogP contribution in [0.5, 0.6) is 5.75 Å². The molecule has 0 radical (unpaired) electrons. The predicted octanol–water partition coefficient (Wildman–Crippen LogP) is 2.33. The van der Waals surface area contributed by atoms with Gasteiger partial charge in [0.05, 0.1) is 16.7 Å². The molecule has 0 unspecified atom stereocenters. The summed E-state index contributed by atoms with van der Waals surface area (Å²) in [6, 6.07) is 6.32. The molecule has 56 valence electrons. The van der Waals surface area contributed by atoms with Crippen molar-refractivity contribution in [2.24, 2.45) is 0 Å². The first-order chi connectivity index (χ1) is 6.42. The number of hydrogen-bond donors (Lipinski definition) is 0. The largest absolute Gasteiger partial charge is 0.497 e. The lowest BCUT2D eigenvalue weighted by molar-refractivity contribution is 0.414. The highest BCUT2D eigenvalue weighted by Crippen LogP contribution is 2.21. The Hall–Kier alpha value is -1.01. The lowest BCUT2D eigenvalue weighted by atomic mass is 10.2. The molecule has 0 N–H and O–H groups in total. The standard InChI is InChI=1S/C8H6BrNO/c1-11-7-3-2-6(5-10)8(9)4-7/h2-4H,1H3/i1D3. The van der Waals surface area contributed by atoms with Crippen LogP contribution in [0.3, 0.4) is 0 Å². The average molecular weight is 215 g/mol. The van der Waals surface area contributed by atoms with Crippen LogP contribution in [0.1, 0.15) is 9.68 Å². The van der Waals surface area contributed by atoms with Crippen molar-refractivity contribution in [2.75, 3.05) is 7.04 Å². The topological polar surface area (TPSA) is 33.0 Å². The van der Waals surface area contributed by atoms with Gasteiger partial charge >= 0.3 is 0 Å². The second-order valence-corrected chi connectivity index (χ2v) is 2.71. The Kier molecular flexibility index (Phi) is 1.48. The maximum atomic E-state index is 8.61. The lowest BCUT2D eigenvalue weighted by Crippen LogP contribution is -1.83. The molecule has 0 fully saturated rings. The maximum absolute atomic E-state index is 8.61. The summed E-state index contributed by atoms with van der Waals surface area (Å²) in [6.45, 7) is 0. The minimum absolute atomic E-state index is 0.205. The quantitative estimate of drug-likeness (QED) is 0.720. The fourth-order valence-corrected chi connectivity index (χ4v) is 1.10. The molecular weight excluding hydrogens is 206 g/mol. The monoisotopic (exact) mass is 214 g/mol. The molecule has 0 saturated carbocycles. The first kappa shape index (κ1) is 4.78. The van der Waals surface area contributed by atoms with Gasteiger partial charge in [-0.3, -0.25) is 0 Å².